The summed E-state index contributed by atoms with van der Waals surface area (Å²) in [5, 5.41) is 1.11. The van der Waals surface area contributed by atoms with Gasteiger partial charge in [-0.1, -0.05) is 15.9 Å². The molecule has 2 rings (SSSR count). The minimum Gasteiger partial charge on any atom is -0.295 e. The molecule has 1 aromatic rings. The highest BCUT2D eigenvalue weighted by Crippen LogP contribution is 2.18. The highest BCUT2D eigenvalue weighted by molar-refractivity contribution is 9.09. The molecule has 70 valence electrons. The molecule has 0 radical (unpaired) electrons. The summed E-state index contributed by atoms with van der Waals surface area (Å²) in [6, 6.07) is 1.85. The third-order valence-corrected chi connectivity index (χ3v) is 3.15. The molecule has 0 spiro atoms. The van der Waals surface area contributed by atoms with Crippen LogP contribution in [0.4, 0.5) is 0 Å². The molecular weight excluding hydrogens is 230 g/mol. The fourth-order valence-electron chi connectivity index (χ4n) is 1.52. The van der Waals surface area contributed by atoms with Crippen molar-refractivity contribution >= 4 is 15.9 Å². The molecule has 0 saturated carbocycles. The molecule has 1 aromatic heterocycles. The van der Waals surface area contributed by atoms with Crippen molar-refractivity contribution in [3.8, 4) is 0 Å². The van der Waals surface area contributed by atoms with Gasteiger partial charge >= 0.3 is 0 Å². The van der Waals surface area contributed by atoms with Crippen LogP contribution in [0, 0.1) is 5.92 Å². The van der Waals surface area contributed by atoms with Gasteiger partial charge < -0.3 is 0 Å². The van der Waals surface area contributed by atoms with Gasteiger partial charge in [0.2, 0.25) is 0 Å². The molecule has 0 N–H and O–H groups in total. The third kappa shape index (κ3) is 2.25. The van der Waals surface area contributed by atoms with Crippen molar-refractivity contribution in [2.24, 2.45) is 5.92 Å². The van der Waals surface area contributed by atoms with E-state index >= 15 is 0 Å². The number of halogens is 1. The monoisotopic (exact) mass is 241 g/mol. The van der Waals surface area contributed by atoms with E-state index in [-0.39, 0.29) is 0 Å². The first-order valence-electron chi connectivity index (χ1n) is 4.42. The lowest BCUT2D eigenvalue weighted by Gasteiger charge is -2.37. The van der Waals surface area contributed by atoms with E-state index < -0.39 is 0 Å². The fourth-order valence-corrected chi connectivity index (χ4v) is 1.92. The molecule has 4 heteroatoms. The first-order chi connectivity index (χ1) is 6.38. The summed E-state index contributed by atoms with van der Waals surface area (Å²) >= 11 is 3.48. The Kier molecular flexibility index (Phi) is 2.90. The summed E-state index contributed by atoms with van der Waals surface area (Å²) in [5.74, 6) is 1.75. The number of aromatic nitrogens is 2. The summed E-state index contributed by atoms with van der Waals surface area (Å²) in [7, 11) is 0. The lowest BCUT2D eigenvalue weighted by molar-refractivity contribution is 0.105. The van der Waals surface area contributed by atoms with Crippen LogP contribution in [-0.2, 0) is 6.54 Å². The zero-order valence-electron chi connectivity index (χ0n) is 7.36. The second-order valence-corrected chi connectivity index (χ2v) is 4.03. The normalized spacial score (nSPS) is 18.5. The highest BCUT2D eigenvalue weighted by Gasteiger charge is 2.25. The molecule has 0 aliphatic carbocycles. The van der Waals surface area contributed by atoms with Gasteiger partial charge in [0.15, 0.2) is 0 Å². The number of hydrogen-bond acceptors (Lipinski definition) is 3. The Bertz CT molecular complexity index is 259. The van der Waals surface area contributed by atoms with Crippen LogP contribution in [0.15, 0.2) is 18.5 Å². The number of nitrogens with zero attached hydrogens (tertiary/aromatic N) is 3. The van der Waals surface area contributed by atoms with E-state index in [4.69, 9.17) is 0 Å². The third-order valence-electron chi connectivity index (χ3n) is 2.24. The maximum Gasteiger partial charge on any atom is 0.142 e. The van der Waals surface area contributed by atoms with Crippen LogP contribution < -0.4 is 0 Å². The van der Waals surface area contributed by atoms with Crippen molar-refractivity contribution in [1.82, 2.24) is 14.9 Å². The second-order valence-electron chi connectivity index (χ2n) is 3.38. The molecule has 1 fully saturated rings. The zero-order chi connectivity index (χ0) is 9.10. The minimum absolute atomic E-state index is 0.823. The fraction of sp³-hybridized carbons (Fsp3) is 0.556. The van der Waals surface area contributed by atoms with Crippen molar-refractivity contribution in [1.29, 1.82) is 0 Å². The van der Waals surface area contributed by atoms with Crippen LogP contribution in [0.1, 0.15) is 5.82 Å². The maximum atomic E-state index is 4.19. The Hall–Kier alpha value is -0.480. The summed E-state index contributed by atoms with van der Waals surface area (Å²) in [5.41, 5.74) is 0. The summed E-state index contributed by atoms with van der Waals surface area (Å²) in [6.45, 7) is 3.23. The van der Waals surface area contributed by atoms with Crippen molar-refractivity contribution < 1.29 is 0 Å². The van der Waals surface area contributed by atoms with E-state index in [1.165, 1.54) is 13.1 Å². The van der Waals surface area contributed by atoms with E-state index in [2.05, 4.69) is 30.8 Å². The number of hydrogen-bond donors (Lipinski definition) is 0. The lowest BCUT2D eigenvalue weighted by atomic mass is 10.0. The molecule has 0 unspecified atom stereocenters. The van der Waals surface area contributed by atoms with Gasteiger partial charge in [0.25, 0.3) is 0 Å². The average molecular weight is 242 g/mol. The predicted molar refractivity (Wildman–Crippen MR) is 54.6 cm³/mol. The van der Waals surface area contributed by atoms with Gasteiger partial charge in [0, 0.05) is 30.8 Å². The second kappa shape index (κ2) is 4.15. The van der Waals surface area contributed by atoms with E-state index in [0.29, 0.717) is 0 Å². The van der Waals surface area contributed by atoms with Crippen LogP contribution in [-0.4, -0.2) is 33.3 Å². The SMILES string of the molecule is BrCC1CN(Cc2ncccn2)C1. The van der Waals surface area contributed by atoms with Crippen LogP contribution in [0.2, 0.25) is 0 Å². The van der Waals surface area contributed by atoms with Gasteiger partial charge in [-0.15, -0.1) is 0 Å². The molecular formula is C9H12BrN3. The standard InChI is InChI=1S/C9H12BrN3/c10-4-8-5-13(6-8)7-9-11-2-1-3-12-9/h1-3,8H,4-7H2. The minimum atomic E-state index is 0.823. The Labute approximate surface area is 86.3 Å². The lowest BCUT2D eigenvalue weighted by Crippen LogP contribution is -2.46. The van der Waals surface area contributed by atoms with Gasteiger partial charge in [-0.3, -0.25) is 4.90 Å². The summed E-state index contributed by atoms with van der Waals surface area (Å²) in [6.07, 6.45) is 3.59. The van der Waals surface area contributed by atoms with Crippen LogP contribution in [0.25, 0.3) is 0 Å². The Morgan fingerprint density at radius 3 is 2.69 bits per heavy atom. The molecule has 1 aliphatic heterocycles. The molecule has 13 heavy (non-hydrogen) atoms. The molecule has 0 bridgehead atoms. The Morgan fingerprint density at radius 1 is 1.38 bits per heavy atom. The highest BCUT2D eigenvalue weighted by atomic mass is 79.9. The first kappa shape index (κ1) is 9.09. The molecule has 0 amide bonds. The Balaban J connectivity index is 1.81. The largest absolute Gasteiger partial charge is 0.295 e. The van der Waals surface area contributed by atoms with Crippen molar-refractivity contribution in [3.05, 3.63) is 24.3 Å². The first-order valence-corrected chi connectivity index (χ1v) is 5.55. The van der Waals surface area contributed by atoms with Crippen molar-refractivity contribution in [2.45, 2.75) is 6.54 Å². The number of rotatable bonds is 3. The average Bonchev–Trinajstić information content (AvgIpc) is 2.12. The van der Waals surface area contributed by atoms with Crippen LogP contribution in [0.5, 0.6) is 0 Å². The van der Waals surface area contributed by atoms with Gasteiger partial charge in [-0.25, -0.2) is 9.97 Å². The smallest absolute Gasteiger partial charge is 0.142 e. The zero-order valence-corrected chi connectivity index (χ0v) is 8.94. The van der Waals surface area contributed by atoms with E-state index in [9.17, 15) is 0 Å². The topological polar surface area (TPSA) is 29.0 Å². The summed E-state index contributed by atoms with van der Waals surface area (Å²) < 4.78 is 0. The molecule has 0 aromatic carbocycles. The Morgan fingerprint density at radius 2 is 2.08 bits per heavy atom. The van der Waals surface area contributed by atoms with E-state index in [1.54, 1.807) is 12.4 Å². The number of likely N-dealkylation sites (tertiary alicyclic amines) is 1. The van der Waals surface area contributed by atoms with Crippen molar-refractivity contribution in [3.63, 3.8) is 0 Å². The molecule has 3 nitrogen and oxygen atoms in total. The molecule has 2 heterocycles. The van der Waals surface area contributed by atoms with Gasteiger partial charge in [0.05, 0.1) is 6.54 Å². The van der Waals surface area contributed by atoms with Crippen LogP contribution in [0.3, 0.4) is 0 Å². The van der Waals surface area contributed by atoms with Gasteiger partial charge in [0.1, 0.15) is 5.82 Å². The molecule has 0 atom stereocenters. The van der Waals surface area contributed by atoms with Gasteiger partial charge in [-0.2, -0.15) is 0 Å². The molecule has 1 saturated heterocycles. The van der Waals surface area contributed by atoms with Gasteiger partial charge in [-0.05, 0) is 12.0 Å². The quantitative estimate of drug-likeness (QED) is 0.748. The van der Waals surface area contributed by atoms with Crippen molar-refractivity contribution in [2.75, 3.05) is 18.4 Å². The predicted octanol–water partition coefficient (Wildman–Crippen LogP) is 1.30. The van der Waals surface area contributed by atoms with E-state index in [1.807, 2.05) is 6.07 Å². The number of alkyl halides is 1. The maximum absolute atomic E-state index is 4.19. The summed E-state index contributed by atoms with van der Waals surface area (Å²) in [4.78, 5) is 10.7. The van der Waals surface area contributed by atoms with Crippen LogP contribution >= 0.6 is 15.9 Å². The van der Waals surface area contributed by atoms with E-state index in [0.717, 1.165) is 23.6 Å². The molecule has 1 aliphatic rings.